The SMILES string of the molecule is CN1[C@@H]2COC[C@H]1C[C@@H](NC(=O)c1cn(C(F)(F)C(F)F)c3ncccc13)C2. The molecule has 4 heterocycles. The Kier molecular flexibility index (Phi) is 4.78. The second kappa shape index (κ2) is 7.00. The minimum Gasteiger partial charge on any atom is -0.378 e. The smallest absolute Gasteiger partial charge is 0.378 e. The summed E-state index contributed by atoms with van der Waals surface area (Å²) in [4.78, 5) is 18.8. The maximum Gasteiger partial charge on any atom is 0.390 e. The Hall–Kier alpha value is -2.20. The van der Waals surface area contributed by atoms with E-state index < -0.39 is 18.4 Å². The first kappa shape index (κ1) is 19.1. The minimum absolute atomic E-state index is 0.0825. The van der Waals surface area contributed by atoms with Gasteiger partial charge in [-0.3, -0.25) is 14.3 Å². The van der Waals surface area contributed by atoms with Crippen LogP contribution in [0.1, 0.15) is 23.2 Å². The number of pyridine rings is 1. The molecule has 6 nitrogen and oxygen atoms in total. The molecule has 2 bridgehead atoms. The Morgan fingerprint density at radius 2 is 2.00 bits per heavy atom. The van der Waals surface area contributed by atoms with Crippen molar-refractivity contribution >= 4 is 16.9 Å². The van der Waals surface area contributed by atoms with Gasteiger partial charge in [0.1, 0.15) is 5.65 Å². The maximum atomic E-state index is 14.0. The monoisotopic (exact) mass is 400 g/mol. The molecule has 0 saturated carbocycles. The number of ether oxygens (including phenoxy) is 1. The van der Waals surface area contributed by atoms with Gasteiger partial charge >= 0.3 is 12.5 Å². The molecule has 3 atom stereocenters. The van der Waals surface area contributed by atoms with E-state index in [4.69, 9.17) is 4.74 Å². The van der Waals surface area contributed by atoms with Crippen molar-refractivity contribution in [3.63, 3.8) is 0 Å². The van der Waals surface area contributed by atoms with Gasteiger partial charge in [-0.25, -0.2) is 13.8 Å². The number of nitrogens with zero attached hydrogens (tertiary/aromatic N) is 3. The Balaban J connectivity index is 1.62. The lowest BCUT2D eigenvalue weighted by atomic mass is 9.90. The average molecular weight is 400 g/mol. The highest BCUT2D eigenvalue weighted by molar-refractivity contribution is 6.06. The van der Waals surface area contributed by atoms with Gasteiger partial charge in [-0.15, -0.1) is 0 Å². The molecule has 2 saturated heterocycles. The normalized spacial score (nSPS) is 26.0. The fourth-order valence-corrected chi connectivity index (χ4v) is 4.05. The number of fused-ring (bicyclic) bond motifs is 3. The van der Waals surface area contributed by atoms with Gasteiger partial charge in [-0.05, 0) is 32.0 Å². The number of nitrogens with one attached hydrogen (secondary N) is 1. The van der Waals surface area contributed by atoms with Crippen LogP contribution in [-0.2, 0) is 10.8 Å². The van der Waals surface area contributed by atoms with Crippen LogP contribution in [0.5, 0.6) is 0 Å². The van der Waals surface area contributed by atoms with Crippen LogP contribution >= 0.6 is 0 Å². The summed E-state index contributed by atoms with van der Waals surface area (Å²) in [5.74, 6) is -0.574. The van der Waals surface area contributed by atoms with Crippen LogP contribution in [0.25, 0.3) is 11.0 Å². The molecule has 2 fully saturated rings. The molecule has 28 heavy (non-hydrogen) atoms. The number of aromatic nitrogens is 2. The Morgan fingerprint density at radius 3 is 2.64 bits per heavy atom. The highest BCUT2D eigenvalue weighted by Gasteiger charge is 2.45. The van der Waals surface area contributed by atoms with Gasteiger partial charge < -0.3 is 10.1 Å². The molecule has 10 heteroatoms. The van der Waals surface area contributed by atoms with Crippen LogP contribution in [0.2, 0.25) is 0 Å². The summed E-state index contributed by atoms with van der Waals surface area (Å²) >= 11 is 0. The van der Waals surface area contributed by atoms with Gasteiger partial charge in [0, 0.05) is 35.9 Å². The number of carbonyl (C=O) groups is 1. The number of halogens is 4. The topological polar surface area (TPSA) is 59.4 Å². The summed E-state index contributed by atoms with van der Waals surface area (Å²) in [7, 11) is 2.02. The van der Waals surface area contributed by atoms with E-state index in [-0.39, 0.29) is 39.3 Å². The molecule has 1 N–H and O–H groups in total. The van der Waals surface area contributed by atoms with Crippen molar-refractivity contribution in [3.05, 3.63) is 30.1 Å². The molecule has 0 radical (unpaired) electrons. The van der Waals surface area contributed by atoms with E-state index in [9.17, 15) is 22.4 Å². The van der Waals surface area contributed by atoms with Crippen molar-refractivity contribution in [2.45, 2.75) is 43.4 Å². The Bertz CT molecular complexity index is 874. The van der Waals surface area contributed by atoms with Crippen molar-refractivity contribution in [1.29, 1.82) is 0 Å². The van der Waals surface area contributed by atoms with E-state index in [1.54, 1.807) is 0 Å². The summed E-state index contributed by atoms with van der Waals surface area (Å²) in [6.07, 6.45) is -0.599. The third-order valence-corrected chi connectivity index (χ3v) is 5.61. The summed E-state index contributed by atoms with van der Waals surface area (Å²) in [6.45, 7) is 1.15. The Morgan fingerprint density at radius 1 is 1.32 bits per heavy atom. The second-order valence-corrected chi connectivity index (χ2v) is 7.33. The van der Waals surface area contributed by atoms with E-state index >= 15 is 0 Å². The molecule has 0 spiro atoms. The summed E-state index contributed by atoms with van der Waals surface area (Å²) in [5, 5.41) is 2.98. The predicted molar refractivity (Wildman–Crippen MR) is 92.6 cm³/mol. The molecular weight excluding hydrogens is 380 g/mol. The van der Waals surface area contributed by atoms with Gasteiger partial charge in [0.25, 0.3) is 5.91 Å². The fraction of sp³-hybridized carbons (Fsp3) is 0.556. The number of hydrogen-bond acceptors (Lipinski definition) is 4. The van der Waals surface area contributed by atoms with E-state index in [1.165, 1.54) is 18.3 Å². The van der Waals surface area contributed by atoms with E-state index in [2.05, 4.69) is 15.2 Å². The zero-order valence-electron chi connectivity index (χ0n) is 15.1. The largest absolute Gasteiger partial charge is 0.390 e. The first-order chi connectivity index (χ1) is 13.3. The van der Waals surface area contributed by atoms with Crippen LogP contribution in [0, 0.1) is 0 Å². The summed E-state index contributed by atoms with van der Waals surface area (Å²) in [5.41, 5.74) is -0.449. The first-order valence-corrected chi connectivity index (χ1v) is 9.02. The highest BCUT2D eigenvalue weighted by Crippen LogP contribution is 2.34. The van der Waals surface area contributed by atoms with E-state index in [1.807, 2.05) is 7.05 Å². The molecule has 1 amide bonds. The van der Waals surface area contributed by atoms with Crippen molar-refractivity contribution in [3.8, 4) is 0 Å². The van der Waals surface area contributed by atoms with Crippen LogP contribution in [0.15, 0.2) is 24.5 Å². The van der Waals surface area contributed by atoms with Gasteiger partial charge in [0.15, 0.2) is 0 Å². The predicted octanol–water partition coefficient (Wildman–Crippen LogP) is 2.44. The number of carbonyl (C=O) groups excluding carboxylic acids is 1. The van der Waals surface area contributed by atoms with Gasteiger partial charge in [0.2, 0.25) is 0 Å². The number of alkyl halides is 4. The van der Waals surface area contributed by atoms with E-state index in [0.29, 0.717) is 26.1 Å². The molecule has 0 unspecified atom stereocenters. The number of piperidine rings is 1. The van der Waals surface area contributed by atoms with Crippen molar-refractivity contribution in [1.82, 2.24) is 19.8 Å². The number of amides is 1. The van der Waals surface area contributed by atoms with Crippen molar-refractivity contribution in [2.75, 3.05) is 20.3 Å². The fourth-order valence-electron chi connectivity index (χ4n) is 4.05. The molecular formula is C18H20F4N4O2. The molecule has 0 aromatic carbocycles. The number of rotatable bonds is 4. The van der Waals surface area contributed by atoms with Crippen LogP contribution in [-0.4, -0.2) is 65.2 Å². The Labute approximate surface area is 158 Å². The van der Waals surface area contributed by atoms with Crippen molar-refractivity contribution in [2.24, 2.45) is 0 Å². The number of morpholine rings is 1. The molecule has 2 aromatic heterocycles. The third kappa shape index (κ3) is 3.14. The number of hydrogen-bond donors (Lipinski definition) is 1. The molecule has 152 valence electrons. The zero-order chi connectivity index (χ0) is 20.1. The quantitative estimate of drug-likeness (QED) is 0.801. The molecule has 0 aliphatic carbocycles. The lowest BCUT2D eigenvalue weighted by molar-refractivity contribution is -0.187. The molecule has 4 rings (SSSR count). The second-order valence-electron chi connectivity index (χ2n) is 7.33. The summed E-state index contributed by atoms with van der Waals surface area (Å²) in [6, 6.07) is -1.37. The van der Waals surface area contributed by atoms with Crippen LogP contribution < -0.4 is 5.32 Å². The standard InChI is InChI=1S/C18H20F4N4O2/c1-25-11-5-10(6-12(25)9-28-8-11)24-16(27)14-7-26(18(21,22)17(19)20)15-13(14)3-2-4-23-15/h2-4,7,10-12,17H,5-6,8-9H2,1H3,(H,24,27)/t10-,11-,12+. The van der Waals surface area contributed by atoms with E-state index in [0.717, 1.165) is 6.20 Å². The third-order valence-electron chi connectivity index (χ3n) is 5.61. The highest BCUT2D eigenvalue weighted by atomic mass is 19.3. The van der Waals surface area contributed by atoms with Gasteiger partial charge in [-0.1, -0.05) is 0 Å². The maximum absolute atomic E-state index is 14.0. The average Bonchev–Trinajstić information content (AvgIpc) is 3.03. The minimum atomic E-state index is -4.47. The lowest BCUT2D eigenvalue weighted by Crippen LogP contribution is -2.59. The lowest BCUT2D eigenvalue weighted by Gasteiger charge is -2.46. The number of likely N-dealkylation sites (N-methyl/N-ethyl adjacent to an activating group) is 1. The molecule has 2 aromatic rings. The van der Waals surface area contributed by atoms with Gasteiger partial charge in [-0.2, -0.15) is 8.78 Å². The zero-order valence-corrected chi connectivity index (χ0v) is 15.1. The molecule has 2 aliphatic heterocycles. The van der Waals surface area contributed by atoms with Crippen LogP contribution in [0.3, 0.4) is 0 Å². The first-order valence-electron chi connectivity index (χ1n) is 9.02. The van der Waals surface area contributed by atoms with Gasteiger partial charge in [0.05, 0.1) is 18.8 Å². The molecule has 2 aliphatic rings. The van der Waals surface area contributed by atoms with Crippen LogP contribution in [0.4, 0.5) is 17.6 Å². The van der Waals surface area contributed by atoms with Crippen molar-refractivity contribution < 1.29 is 27.1 Å². The summed E-state index contributed by atoms with van der Waals surface area (Å²) < 4.78 is 59.3.